The van der Waals surface area contributed by atoms with Gasteiger partial charge in [0.05, 0.1) is 11.6 Å². The van der Waals surface area contributed by atoms with E-state index < -0.39 is 0 Å². The van der Waals surface area contributed by atoms with Crippen LogP contribution in [0.3, 0.4) is 0 Å². The molecule has 0 saturated carbocycles. The molecule has 3 N–H and O–H groups in total. The maximum atomic E-state index is 13.1. The number of hydrogen-bond acceptors (Lipinski definition) is 3. The van der Waals surface area contributed by atoms with Crippen molar-refractivity contribution in [3.63, 3.8) is 0 Å². The van der Waals surface area contributed by atoms with Crippen LogP contribution in [-0.4, -0.2) is 58.8 Å². The summed E-state index contributed by atoms with van der Waals surface area (Å²) in [6.07, 6.45) is 3.41. The number of aromatic amines is 1. The van der Waals surface area contributed by atoms with Crippen molar-refractivity contribution in [3.05, 3.63) is 48.0 Å². The first-order chi connectivity index (χ1) is 12.0. The standard InChI is InChI=1S/C18H21FN4O2/c1-12(17(20)24)22-6-8-23(9-7-22)18(25)16-11-21-10-15(16)13-2-4-14(19)5-3-13/h2-5,10-12,21H,6-9H2,1H3,(H2,20,24)/t12-/m1/s1. The third-order valence-electron chi connectivity index (χ3n) is 4.69. The number of carbonyl (C=O) groups excluding carboxylic acids is 2. The summed E-state index contributed by atoms with van der Waals surface area (Å²) in [5, 5.41) is 0. The van der Waals surface area contributed by atoms with Crippen LogP contribution in [0.4, 0.5) is 4.39 Å². The van der Waals surface area contributed by atoms with Crippen molar-refractivity contribution < 1.29 is 14.0 Å². The van der Waals surface area contributed by atoms with Gasteiger partial charge in [-0.25, -0.2) is 4.39 Å². The highest BCUT2D eigenvalue weighted by molar-refractivity contribution is 6.00. The van der Waals surface area contributed by atoms with Crippen molar-refractivity contribution in [2.24, 2.45) is 5.73 Å². The molecule has 3 rings (SSSR count). The smallest absolute Gasteiger partial charge is 0.256 e. The molecule has 1 aromatic heterocycles. The molecule has 1 fully saturated rings. The van der Waals surface area contributed by atoms with Gasteiger partial charge < -0.3 is 15.6 Å². The Labute approximate surface area is 145 Å². The number of halogens is 1. The predicted molar refractivity (Wildman–Crippen MR) is 92.3 cm³/mol. The summed E-state index contributed by atoms with van der Waals surface area (Å²) in [4.78, 5) is 30.9. The first kappa shape index (κ1) is 17.2. The lowest BCUT2D eigenvalue weighted by Gasteiger charge is -2.37. The van der Waals surface area contributed by atoms with E-state index in [1.54, 1.807) is 36.4 Å². The van der Waals surface area contributed by atoms with E-state index in [0.29, 0.717) is 31.7 Å². The van der Waals surface area contributed by atoms with Crippen LogP contribution in [0.2, 0.25) is 0 Å². The zero-order valence-electron chi connectivity index (χ0n) is 14.0. The fourth-order valence-corrected chi connectivity index (χ4v) is 3.07. The van der Waals surface area contributed by atoms with E-state index in [0.717, 1.165) is 11.1 Å². The first-order valence-electron chi connectivity index (χ1n) is 8.22. The highest BCUT2D eigenvalue weighted by Crippen LogP contribution is 2.25. The van der Waals surface area contributed by atoms with Gasteiger partial charge in [0, 0.05) is 44.1 Å². The maximum Gasteiger partial charge on any atom is 0.256 e. The lowest BCUT2D eigenvalue weighted by Crippen LogP contribution is -2.54. The number of carbonyl (C=O) groups is 2. The fraction of sp³-hybridized carbons (Fsp3) is 0.333. The molecule has 1 saturated heterocycles. The molecule has 0 spiro atoms. The number of nitrogens with two attached hydrogens (primary N) is 1. The molecule has 132 valence electrons. The van der Waals surface area contributed by atoms with E-state index in [-0.39, 0.29) is 23.7 Å². The summed E-state index contributed by atoms with van der Waals surface area (Å²) >= 11 is 0. The predicted octanol–water partition coefficient (Wildman–Crippen LogP) is 1.45. The molecule has 1 aromatic carbocycles. The summed E-state index contributed by atoms with van der Waals surface area (Å²) in [7, 11) is 0. The highest BCUT2D eigenvalue weighted by atomic mass is 19.1. The monoisotopic (exact) mass is 344 g/mol. The van der Waals surface area contributed by atoms with E-state index in [1.165, 1.54) is 12.1 Å². The summed E-state index contributed by atoms with van der Waals surface area (Å²) in [6, 6.07) is 5.73. The molecular formula is C18H21FN4O2. The second kappa shape index (κ2) is 7.06. The van der Waals surface area contributed by atoms with Gasteiger partial charge in [-0.05, 0) is 24.6 Å². The molecular weight excluding hydrogens is 323 g/mol. The maximum absolute atomic E-state index is 13.1. The number of hydrogen-bond donors (Lipinski definition) is 2. The van der Waals surface area contributed by atoms with Crippen molar-refractivity contribution in [2.75, 3.05) is 26.2 Å². The second-order valence-electron chi connectivity index (χ2n) is 6.20. The van der Waals surface area contributed by atoms with Gasteiger partial charge in [-0.1, -0.05) is 12.1 Å². The lowest BCUT2D eigenvalue weighted by molar-refractivity contribution is -0.123. The van der Waals surface area contributed by atoms with Gasteiger partial charge in [-0.15, -0.1) is 0 Å². The van der Waals surface area contributed by atoms with Crippen LogP contribution in [0.15, 0.2) is 36.7 Å². The van der Waals surface area contributed by atoms with E-state index in [9.17, 15) is 14.0 Å². The van der Waals surface area contributed by atoms with Gasteiger partial charge in [0.25, 0.3) is 5.91 Å². The third kappa shape index (κ3) is 3.56. The molecule has 0 unspecified atom stereocenters. The number of aromatic nitrogens is 1. The Balaban J connectivity index is 1.72. The van der Waals surface area contributed by atoms with Crippen molar-refractivity contribution in [2.45, 2.75) is 13.0 Å². The minimum absolute atomic E-state index is 0.0769. The van der Waals surface area contributed by atoms with E-state index in [2.05, 4.69) is 4.98 Å². The Morgan fingerprint density at radius 3 is 2.36 bits per heavy atom. The lowest BCUT2D eigenvalue weighted by atomic mass is 10.0. The SMILES string of the molecule is C[C@H](C(N)=O)N1CCN(C(=O)c2c[nH]cc2-c2ccc(F)cc2)CC1. The molecule has 2 aromatic rings. The molecule has 7 heteroatoms. The molecule has 2 heterocycles. The molecule has 1 aliphatic heterocycles. The zero-order valence-corrected chi connectivity index (χ0v) is 14.0. The number of piperazine rings is 1. The number of primary amides is 1. The molecule has 0 aliphatic carbocycles. The van der Waals surface area contributed by atoms with Crippen LogP contribution in [0.1, 0.15) is 17.3 Å². The molecule has 2 amide bonds. The zero-order chi connectivity index (χ0) is 18.0. The van der Waals surface area contributed by atoms with Gasteiger partial charge >= 0.3 is 0 Å². The Morgan fingerprint density at radius 2 is 1.76 bits per heavy atom. The van der Waals surface area contributed by atoms with Crippen LogP contribution in [0.5, 0.6) is 0 Å². The molecule has 25 heavy (non-hydrogen) atoms. The van der Waals surface area contributed by atoms with Gasteiger partial charge in [-0.2, -0.15) is 0 Å². The minimum Gasteiger partial charge on any atom is -0.368 e. The average Bonchev–Trinajstić information content (AvgIpc) is 3.11. The quantitative estimate of drug-likeness (QED) is 0.881. The van der Waals surface area contributed by atoms with Crippen LogP contribution >= 0.6 is 0 Å². The molecule has 1 atom stereocenters. The number of benzene rings is 1. The molecule has 0 bridgehead atoms. The second-order valence-corrected chi connectivity index (χ2v) is 6.20. The van der Waals surface area contributed by atoms with Crippen LogP contribution in [-0.2, 0) is 4.79 Å². The van der Waals surface area contributed by atoms with E-state index >= 15 is 0 Å². The number of nitrogens with zero attached hydrogens (tertiary/aromatic N) is 2. The van der Waals surface area contributed by atoms with Gasteiger partial charge in [0.1, 0.15) is 5.82 Å². The molecule has 0 radical (unpaired) electrons. The van der Waals surface area contributed by atoms with E-state index in [4.69, 9.17) is 5.73 Å². The summed E-state index contributed by atoms with van der Waals surface area (Å²) in [5.41, 5.74) is 7.43. The topological polar surface area (TPSA) is 82.4 Å². The number of nitrogens with one attached hydrogen (secondary N) is 1. The Kier molecular flexibility index (Phi) is 4.85. The van der Waals surface area contributed by atoms with Gasteiger partial charge in [-0.3, -0.25) is 14.5 Å². The Morgan fingerprint density at radius 1 is 1.12 bits per heavy atom. The van der Waals surface area contributed by atoms with E-state index in [1.807, 2.05) is 4.90 Å². The van der Waals surface area contributed by atoms with Gasteiger partial charge in [0.2, 0.25) is 5.91 Å². The Hall–Kier alpha value is -2.67. The third-order valence-corrected chi connectivity index (χ3v) is 4.69. The number of amides is 2. The summed E-state index contributed by atoms with van der Waals surface area (Å²) in [5.74, 6) is -0.747. The Bertz CT molecular complexity index is 764. The fourth-order valence-electron chi connectivity index (χ4n) is 3.07. The largest absolute Gasteiger partial charge is 0.368 e. The number of rotatable bonds is 4. The normalized spacial score (nSPS) is 16.6. The number of H-pyrrole nitrogens is 1. The van der Waals surface area contributed by atoms with Gasteiger partial charge in [0.15, 0.2) is 0 Å². The van der Waals surface area contributed by atoms with Crippen molar-refractivity contribution >= 4 is 11.8 Å². The van der Waals surface area contributed by atoms with Crippen LogP contribution < -0.4 is 5.73 Å². The first-order valence-corrected chi connectivity index (χ1v) is 8.22. The van der Waals surface area contributed by atoms with Crippen molar-refractivity contribution in [1.29, 1.82) is 0 Å². The minimum atomic E-state index is -0.357. The van der Waals surface area contributed by atoms with Crippen molar-refractivity contribution in [1.82, 2.24) is 14.8 Å². The molecule has 1 aliphatic rings. The van der Waals surface area contributed by atoms with Crippen molar-refractivity contribution in [3.8, 4) is 11.1 Å². The molecule has 6 nitrogen and oxygen atoms in total. The van der Waals surface area contributed by atoms with Crippen LogP contribution in [0, 0.1) is 5.82 Å². The van der Waals surface area contributed by atoms with Crippen LogP contribution in [0.25, 0.3) is 11.1 Å². The average molecular weight is 344 g/mol. The summed E-state index contributed by atoms with van der Waals surface area (Å²) < 4.78 is 13.1. The summed E-state index contributed by atoms with van der Waals surface area (Å²) in [6.45, 7) is 4.05. The highest BCUT2D eigenvalue weighted by Gasteiger charge is 2.28.